The van der Waals surface area contributed by atoms with Gasteiger partial charge in [-0.25, -0.2) is 0 Å². The summed E-state index contributed by atoms with van der Waals surface area (Å²) in [4.78, 5) is 4.55. The van der Waals surface area contributed by atoms with Gasteiger partial charge in [0.2, 0.25) is 0 Å². The molecule has 0 aromatic heterocycles. The molecule has 21 heavy (non-hydrogen) atoms. The first-order valence-electron chi connectivity index (χ1n) is 7.41. The fourth-order valence-electron chi connectivity index (χ4n) is 2.99. The summed E-state index contributed by atoms with van der Waals surface area (Å²) in [5.41, 5.74) is 2.53. The van der Waals surface area contributed by atoms with Gasteiger partial charge in [-0.1, -0.05) is 42.5 Å². The average molecular weight is 282 g/mol. The van der Waals surface area contributed by atoms with Crippen molar-refractivity contribution in [2.75, 3.05) is 36.5 Å². The lowest BCUT2D eigenvalue weighted by molar-refractivity contribution is 0.0644. The molecule has 3 heteroatoms. The lowest BCUT2D eigenvalue weighted by Gasteiger charge is -2.40. The van der Waals surface area contributed by atoms with E-state index in [-0.39, 0.29) is 0 Å². The number of nitrogens with zero attached hydrogens (tertiary/aromatic N) is 2. The molecule has 1 N–H and O–H groups in total. The van der Waals surface area contributed by atoms with Crippen molar-refractivity contribution < 1.29 is 5.11 Å². The lowest BCUT2D eigenvalue weighted by Crippen LogP contribution is -2.45. The zero-order chi connectivity index (χ0) is 14.9. The third-order valence-electron chi connectivity index (χ3n) is 4.23. The number of rotatable bonds is 3. The number of para-hydroxylation sites is 2. The van der Waals surface area contributed by atoms with Gasteiger partial charge in [-0.05, 0) is 24.6 Å². The molecular formula is C18H22N2O. The van der Waals surface area contributed by atoms with Gasteiger partial charge >= 0.3 is 0 Å². The van der Waals surface area contributed by atoms with E-state index in [0.717, 1.165) is 18.7 Å². The number of fused-ring (bicyclic) bond motifs is 1. The quantitative estimate of drug-likeness (QED) is 0.938. The lowest BCUT2D eigenvalue weighted by atomic mass is 9.95. The highest BCUT2D eigenvalue weighted by molar-refractivity contribution is 5.73. The second kappa shape index (κ2) is 5.41. The predicted octanol–water partition coefficient (Wildman–Crippen LogP) is 2.85. The van der Waals surface area contributed by atoms with Crippen molar-refractivity contribution in [2.45, 2.75) is 12.5 Å². The van der Waals surface area contributed by atoms with E-state index >= 15 is 0 Å². The van der Waals surface area contributed by atoms with Gasteiger partial charge in [0.05, 0.1) is 17.9 Å². The average Bonchev–Trinajstić information content (AvgIpc) is 2.51. The fraction of sp³-hybridized carbons (Fsp3) is 0.333. The summed E-state index contributed by atoms with van der Waals surface area (Å²) in [6, 6.07) is 18.3. The molecule has 0 saturated carbocycles. The maximum absolute atomic E-state index is 10.9. The van der Waals surface area contributed by atoms with Crippen LogP contribution in [0.2, 0.25) is 0 Å². The molecule has 1 aliphatic heterocycles. The number of likely N-dealkylation sites (N-methyl/N-ethyl adjacent to an activating group) is 1. The van der Waals surface area contributed by atoms with Gasteiger partial charge in [-0.2, -0.15) is 0 Å². The second-order valence-corrected chi connectivity index (χ2v) is 5.97. The number of benzene rings is 2. The van der Waals surface area contributed by atoms with Crippen LogP contribution in [0.1, 0.15) is 12.5 Å². The Morgan fingerprint density at radius 2 is 1.57 bits per heavy atom. The van der Waals surface area contributed by atoms with Gasteiger partial charge in [0, 0.05) is 20.1 Å². The number of aliphatic hydroxyl groups is 1. The number of β-amino-alcohol motifs (C(OH)–C–C–N with tert-alkyl or cyclic N) is 1. The molecule has 0 aliphatic carbocycles. The summed E-state index contributed by atoms with van der Waals surface area (Å²) in [7, 11) is 2.12. The molecule has 2 aromatic rings. The summed E-state index contributed by atoms with van der Waals surface area (Å²) in [6.07, 6.45) is 0. The predicted molar refractivity (Wildman–Crippen MR) is 87.9 cm³/mol. The number of hydrogen-bond donors (Lipinski definition) is 1. The minimum atomic E-state index is -0.857. The van der Waals surface area contributed by atoms with E-state index in [9.17, 15) is 5.11 Å². The highest BCUT2D eigenvalue weighted by Gasteiger charge is 2.29. The van der Waals surface area contributed by atoms with Crippen molar-refractivity contribution in [3.05, 3.63) is 60.2 Å². The molecule has 0 radical (unpaired) electrons. The second-order valence-electron chi connectivity index (χ2n) is 5.97. The first-order valence-corrected chi connectivity index (χ1v) is 7.41. The molecule has 0 spiro atoms. The Morgan fingerprint density at radius 1 is 0.952 bits per heavy atom. The molecule has 1 atom stereocenters. The van der Waals surface area contributed by atoms with Crippen LogP contribution in [-0.4, -0.2) is 31.8 Å². The first-order chi connectivity index (χ1) is 10.1. The zero-order valence-electron chi connectivity index (χ0n) is 12.7. The Morgan fingerprint density at radius 3 is 2.29 bits per heavy atom. The molecule has 2 aromatic carbocycles. The van der Waals surface area contributed by atoms with Crippen LogP contribution >= 0.6 is 0 Å². The fourth-order valence-corrected chi connectivity index (χ4v) is 2.99. The molecule has 3 nitrogen and oxygen atoms in total. The van der Waals surface area contributed by atoms with Gasteiger partial charge in [0.25, 0.3) is 0 Å². The van der Waals surface area contributed by atoms with Crippen LogP contribution in [-0.2, 0) is 5.60 Å². The van der Waals surface area contributed by atoms with Crippen LogP contribution in [0.4, 0.5) is 11.4 Å². The third-order valence-corrected chi connectivity index (χ3v) is 4.23. The standard InChI is InChI=1S/C18H22N2O/c1-18(21,15-8-4-3-5-9-15)14-20-13-12-19(2)16-10-6-7-11-17(16)20/h3-11,21H,12-14H2,1-2H3. The summed E-state index contributed by atoms with van der Waals surface area (Å²) in [5, 5.41) is 10.9. The number of hydrogen-bond acceptors (Lipinski definition) is 3. The van der Waals surface area contributed by atoms with E-state index in [1.165, 1.54) is 11.4 Å². The maximum atomic E-state index is 10.9. The van der Waals surface area contributed by atoms with E-state index in [1.807, 2.05) is 37.3 Å². The van der Waals surface area contributed by atoms with Crippen LogP contribution < -0.4 is 9.80 Å². The Balaban J connectivity index is 1.87. The van der Waals surface area contributed by atoms with Crippen molar-refractivity contribution in [1.29, 1.82) is 0 Å². The molecule has 0 saturated heterocycles. The summed E-state index contributed by atoms with van der Waals surface area (Å²) in [6.45, 7) is 4.39. The van der Waals surface area contributed by atoms with E-state index in [2.05, 4.69) is 41.1 Å². The Kier molecular flexibility index (Phi) is 3.60. The Hall–Kier alpha value is -2.00. The van der Waals surface area contributed by atoms with E-state index in [1.54, 1.807) is 0 Å². The van der Waals surface area contributed by atoms with Crippen molar-refractivity contribution in [3.63, 3.8) is 0 Å². The molecular weight excluding hydrogens is 260 g/mol. The Labute approximate surface area is 126 Å². The van der Waals surface area contributed by atoms with Crippen LogP contribution in [0.15, 0.2) is 54.6 Å². The van der Waals surface area contributed by atoms with Crippen molar-refractivity contribution >= 4 is 11.4 Å². The van der Waals surface area contributed by atoms with E-state index in [4.69, 9.17) is 0 Å². The minimum Gasteiger partial charge on any atom is -0.384 e. The van der Waals surface area contributed by atoms with Crippen LogP contribution in [0, 0.1) is 0 Å². The van der Waals surface area contributed by atoms with Crippen LogP contribution in [0.3, 0.4) is 0 Å². The molecule has 0 fully saturated rings. The van der Waals surface area contributed by atoms with E-state index in [0.29, 0.717) is 6.54 Å². The molecule has 0 amide bonds. The summed E-state index contributed by atoms with van der Waals surface area (Å²) in [5.74, 6) is 0. The van der Waals surface area contributed by atoms with Crippen LogP contribution in [0.5, 0.6) is 0 Å². The van der Waals surface area contributed by atoms with E-state index < -0.39 is 5.60 Å². The Bertz CT molecular complexity index is 610. The molecule has 0 bridgehead atoms. The van der Waals surface area contributed by atoms with Gasteiger partial charge in [-0.15, -0.1) is 0 Å². The summed E-state index contributed by atoms with van der Waals surface area (Å²) < 4.78 is 0. The van der Waals surface area contributed by atoms with Crippen molar-refractivity contribution in [2.24, 2.45) is 0 Å². The normalized spacial score (nSPS) is 17.3. The highest BCUT2D eigenvalue weighted by atomic mass is 16.3. The summed E-state index contributed by atoms with van der Waals surface area (Å²) >= 11 is 0. The zero-order valence-corrected chi connectivity index (χ0v) is 12.7. The maximum Gasteiger partial charge on any atom is 0.104 e. The van der Waals surface area contributed by atoms with Gasteiger partial charge < -0.3 is 14.9 Å². The first kappa shape index (κ1) is 14.0. The smallest absolute Gasteiger partial charge is 0.104 e. The monoisotopic (exact) mass is 282 g/mol. The van der Waals surface area contributed by atoms with Gasteiger partial charge in [0.15, 0.2) is 0 Å². The van der Waals surface area contributed by atoms with Gasteiger partial charge in [-0.3, -0.25) is 0 Å². The third kappa shape index (κ3) is 2.74. The highest BCUT2D eigenvalue weighted by Crippen LogP contribution is 2.34. The molecule has 1 heterocycles. The largest absolute Gasteiger partial charge is 0.384 e. The topological polar surface area (TPSA) is 26.7 Å². The molecule has 1 unspecified atom stereocenters. The number of anilines is 2. The minimum absolute atomic E-state index is 0.599. The SMILES string of the molecule is CN1CCN(CC(C)(O)c2ccccc2)c2ccccc21. The molecule has 3 rings (SSSR count). The van der Waals surface area contributed by atoms with Crippen molar-refractivity contribution in [3.8, 4) is 0 Å². The molecule has 1 aliphatic rings. The van der Waals surface area contributed by atoms with Crippen molar-refractivity contribution in [1.82, 2.24) is 0 Å². The molecule has 110 valence electrons. The van der Waals surface area contributed by atoms with Gasteiger partial charge in [0.1, 0.15) is 5.60 Å². The van der Waals surface area contributed by atoms with Crippen LogP contribution in [0.25, 0.3) is 0 Å².